The van der Waals surface area contributed by atoms with Crippen LogP contribution in [0.2, 0.25) is 0 Å². The Balaban J connectivity index is 1.33. The topological polar surface area (TPSA) is 82.5 Å². The number of aromatic nitrogens is 2. The second kappa shape index (κ2) is 10.7. The summed E-state index contributed by atoms with van der Waals surface area (Å²) in [6.45, 7) is 4.34. The van der Waals surface area contributed by atoms with Gasteiger partial charge in [-0.15, -0.1) is 11.3 Å². The molecule has 0 spiro atoms. The molecule has 0 saturated carbocycles. The zero-order valence-electron chi connectivity index (χ0n) is 20.4. The van der Waals surface area contributed by atoms with Crippen LogP contribution in [0.15, 0.2) is 90.0 Å². The molecule has 8 heteroatoms. The number of benzene rings is 3. The highest BCUT2D eigenvalue weighted by molar-refractivity contribution is 7.19. The highest BCUT2D eigenvalue weighted by Crippen LogP contribution is 2.36. The summed E-state index contributed by atoms with van der Waals surface area (Å²) in [6, 6.07) is 24.2. The van der Waals surface area contributed by atoms with Crippen LogP contribution in [0.25, 0.3) is 21.3 Å². The number of carbonyl (C=O) groups excluding carboxylic acids is 1. The maximum atomic E-state index is 13.4. The van der Waals surface area contributed by atoms with E-state index in [4.69, 9.17) is 9.47 Å². The van der Waals surface area contributed by atoms with E-state index in [0.717, 1.165) is 27.5 Å². The van der Waals surface area contributed by atoms with E-state index in [9.17, 15) is 9.59 Å². The maximum Gasteiger partial charge on any atom is 0.263 e. The molecule has 37 heavy (non-hydrogen) atoms. The van der Waals surface area contributed by atoms with E-state index in [1.807, 2.05) is 68.4 Å². The molecule has 0 unspecified atom stereocenters. The van der Waals surface area contributed by atoms with E-state index in [1.165, 1.54) is 22.2 Å². The smallest absolute Gasteiger partial charge is 0.263 e. The number of fused-ring (bicyclic) bond motifs is 1. The quantitative estimate of drug-likeness (QED) is 0.266. The molecule has 2 aromatic heterocycles. The number of ether oxygens (including phenoxy) is 2. The molecule has 186 valence electrons. The summed E-state index contributed by atoms with van der Waals surface area (Å²) in [4.78, 5) is 32.3. The summed E-state index contributed by atoms with van der Waals surface area (Å²) in [5.41, 5.74) is 2.10. The van der Waals surface area contributed by atoms with Gasteiger partial charge < -0.3 is 14.8 Å². The fourth-order valence-electron chi connectivity index (χ4n) is 4.07. The highest BCUT2D eigenvalue weighted by atomic mass is 32.1. The Bertz CT molecular complexity index is 1590. The van der Waals surface area contributed by atoms with E-state index in [0.29, 0.717) is 28.3 Å². The fourth-order valence-corrected chi connectivity index (χ4v) is 5.07. The van der Waals surface area contributed by atoms with Crippen LogP contribution in [-0.4, -0.2) is 22.1 Å². The Morgan fingerprint density at radius 3 is 2.32 bits per heavy atom. The van der Waals surface area contributed by atoms with Gasteiger partial charge in [-0.2, -0.15) is 0 Å². The lowest BCUT2D eigenvalue weighted by Gasteiger charge is -2.10. The third-order valence-electron chi connectivity index (χ3n) is 5.74. The molecule has 5 rings (SSSR count). The molecule has 0 aliphatic heterocycles. The molecule has 0 aliphatic carbocycles. The number of anilines is 1. The molecular weight excluding hydrogens is 486 g/mol. The standard InChI is InChI=1S/C29H25N3O4S/c1-3-35-22-13-9-20(10-14-22)26-19(2)37-28-27(26)29(34)32(18-30-28)17-25(33)31-21-11-15-24(16-12-21)36-23-7-5-4-6-8-23/h4-16,18H,3,17H2,1-2H3,(H,31,33). The van der Waals surface area contributed by atoms with Crippen molar-refractivity contribution in [1.29, 1.82) is 0 Å². The van der Waals surface area contributed by atoms with Crippen LogP contribution in [0.3, 0.4) is 0 Å². The summed E-state index contributed by atoms with van der Waals surface area (Å²) in [7, 11) is 0. The van der Waals surface area contributed by atoms with Crippen LogP contribution in [0.5, 0.6) is 17.2 Å². The monoisotopic (exact) mass is 511 g/mol. The number of hydrogen-bond donors (Lipinski definition) is 1. The summed E-state index contributed by atoms with van der Waals surface area (Å²) in [5, 5.41) is 3.35. The van der Waals surface area contributed by atoms with Crippen molar-refractivity contribution < 1.29 is 14.3 Å². The molecule has 3 aromatic carbocycles. The summed E-state index contributed by atoms with van der Waals surface area (Å²) in [5.74, 6) is 1.84. The van der Waals surface area contributed by atoms with Crippen molar-refractivity contribution >= 4 is 33.1 Å². The number of nitrogens with zero attached hydrogens (tertiary/aromatic N) is 2. The molecular formula is C29H25N3O4S. The first kappa shape index (κ1) is 24.3. The second-order valence-electron chi connectivity index (χ2n) is 8.34. The average Bonchev–Trinajstić information content (AvgIpc) is 3.25. The van der Waals surface area contributed by atoms with Gasteiger partial charge in [-0.05, 0) is 67.9 Å². The molecule has 5 aromatic rings. The Hall–Kier alpha value is -4.43. The van der Waals surface area contributed by atoms with Gasteiger partial charge in [-0.25, -0.2) is 4.98 Å². The van der Waals surface area contributed by atoms with Gasteiger partial charge in [0, 0.05) is 16.1 Å². The largest absolute Gasteiger partial charge is 0.494 e. The SMILES string of the molecule is CCOc1ccc(-c2c(C)sc3ncn(CC(=O)Nc4ccc(Oc5ccccc5)cc4)c(=O)c23)cc1. The van der Waals surface area contributed by atoms with Gasteiger partial charge >= 0.3 is 0 Å². The number of amides is 1. The lowest BCUT2D eigenvalue weighted by Crippen LogP contribution is -2.27. The average molecular weight is 512 g/mol. The van der Waals surface area contributed by atoms with Gasteiger partial charge in [-0.1, -0.05) is 30.3 Å². The zero-order valence-corrected chi connectivity index (χ0v) is 21.2. The van der Waals surface area contributed by atoms with Gasteiger partial charge in [0.15, 0.2) is 0 Å². The van der Waals surface area contributed by atoms with E-state index >= 15 is 0 Å². The van der Waals surface area contributed by atoms with Gasteiger partial charge in [0.05, 0.1) is 18.3 Å². The van der Waals surface area contributed by atoms with Crippen molar-refractivity contribution in [2.45, 2.75) is 20.4 Å². The van der Waals surface area contributed by atoms with Crippen molar-refractivity contribution in [1.82, 2.24) is 9.55 Å². The lowest BCUT2D eigenvalue weighted by molar-refractivity contribution is -0.116. The molecule has 2 heterocycles. The number of thiophene rings is 1. The normalized spacial score (nSPS) is 10.9. The molecule has 7 nitrogen and oxygen atoms in total. The Morgan fingerprint density at radius 2 is 1.62 bits per heavy atom. The number of para-hydroxylation sites is 1. The van der Waals surface area contributed by atoms with Gasteiger partial charge in [-0.3, -0.25) is 14.2 Å². The van der Waals surface area contributed by atoms with Gasteiger partial charge in [0.2, 0.25) is 5.91 Å². The highest BCUT2D eigenvalue weighted by Gasteiger charge is 2.18. The fraction of sp³-hybridized carbons (Fsp3) is 0.138. The number of hydrogen-bond acceptors (Lipinski definition) is 6. The molecule has 0 aliphatic rings. The van der Waals surface area contributed by atoms with Crippen molar-refractivity contribution in [2.24, 2.45) is 0 Å². The summed E-state index contributed by atoms with van der Waals surface area (Å²) >= 11 is 1.47. The molecule has 0 bridgehead atoms. The number of nitrogens with one attached hydrogen (secondary N) is 1. The zero-order chi connectivity index (χ0) is 25.8. The Kier molecular flexibility index (Phi) is 7.00. The minimum Gasteiger partial charge on any atom is -0.494 e. The first-order valence-electron chi connectivity index (χ1n) is 11.9. The van der Waals surface area contributed by atoms with Crippen LogP contribution < -0.4 is 20.3 Å². The molecule has 1 N–H and O–H groups in total. The van der Waals surface area contributed by atoms with Crippen LogP contribution in [0.1, 0.15) is 11.8 Å². The second-order valence-corrected chi connectivity index (χ2v) is 9.54. The number of carbonyl (C=O) groups is 1. The molecule has 0 atom stereocenters. The third kappa shape index (κ3) is 5.39. The van der Waals surface area contributed by atoms with E-state index in [-0.39, 0.29) is 18.0 Å². The summed E-state index contributed by atoms with van der Waals surface area (Å²) in [6.07, 6.45) is 1.43. The Morgan fingerprint density at radius 1 is 0.946 bits per heavy atom. The van der Waals surface area contributed by atoms with E-state index in [1.54, 1.807) is 24.3 Å². The minimum atomic E-state index is -0.324. The van der Waals surface area contributed by atoms with Crippen molar-refractivity contribution in [3.05, 3.63) is 100 Å². The van der Waals surface area contributed by atoms with E-state index in [2.05, 4.69) is 10.3 Å². The van der Waals surface area contributed by atoms with Crippen molar-refractivity contribution in [2.75, 3.05) is 11.9 Å². The lowest BCUT2D eigenvalue weighted by atomic mass is 10.0. The van der Waals surface area contributed by atoms with Gasteiger partial charge in [0.1, 0.15) is 28.6 Å². The molecule has 0 saturated heterocycles. The van der Waals surface area contributed by atoms with Crippen molar-refractivity contribution in [3.63, 3.8) is 0 Å². The van der Waals surface area contributed by atoms with Crippen LogP contribution in [-0.2, 0) is 11.3 Å². The van der Waals surface area contributed by atoms with Crippen LogP contribution in [0.4, 0.5) is 5.69 Å². The van der Waals surface area contributed by atoms with Gasteiger partial charge in [0.25, 0.3) is 5.56 Å². The Labute approximate surface area is 217 Å². The predicted octanol–water partition coefficient (Wildman–Crippen LogP) is 6.26. The van der Waals surface area contributed by atoms with E-state index < -0.39 is 0 Å². The first-order chi connectivity index (χ1) is 18.0. The van der Waals surface area contributed by atoms with Crippen molar-refractivity contribution in [3.8, 4) is 28.4 Å². The maximum absolute atomic E-state index is 13.4. The minimum absolute atomic E-state index is 0.151. The molecule has 0 radical (unpaired) electrons. The third-order valence-corrected chi connectivity index (χ3v) is 6.75. The first-order valence-corrected chi connectivity index (χ1v) is 12.7. The van der Waals surface area contributed by atoms with Crippen LogP contribution in [0, 0.1) is 6.92 Å². The molecule has 0 fully saturated rings. The molecule has 1 amide bonds. The number of aryl methyl sites for hydroxylation is 1. The predicted molar refractivity (Wildman–Crippen MR) is 147 cm³/mol. The number of rotatable bonds is 8. The summed E-state index contributed by atoms with van der Waals surface area (Å²) < 4.78 is 12.7. The van der Waals surface area contributed by atoms with Crippen LogP contribution >= 0.6 is 11.3 Å².